The highest BCUT2D eigenvalue weighted by atomic mass is 15.1. The van der Waals surface area contributed by atoms with Crippen LogP contribution in [0.15, 0.2) is 60.5 Å². The third-order valence-corrected chi connectivity index (χ3v) is 2.63. The van der Waals surface area contributed by atoms with Crippen molar-refractivity contribution < 1.29 is 0 Å². The van der Waals surface area contributed by atoms with Crippen LogP contribution >= 0.6 is 0 Å². The topological polar surface area (TPSA) is 3.24 Å². The molecule has 0 spiro atoms. The maximum absolute atomic E-state index is 2.16. The molecule has 0 bridgehead atoms. The summed E-state index contributed by atoms with van der Waals surface area (Å²) in [5, 5.41) is 2.52. The van der Waals surface area contributed by atoms with Crippen molar-refractivity contribution >= 4 is 12.3 Å². The van der Waals surface area contributed by atoms with Gasteiger partial charge in [-0.25, -0.2) is 0 Å². The number of benzene rings is 1. The van der Waals surface area contributed by atoms with Gasteiger partial charge >= 0.3 is 0 Å². The van der Waals surface area contributed by atoms with Gasteiger partial charge in [0.2, 0.25) is 0 Å². The Labute approximate surface area is 88.7 Å². The van der Waals surface area contributed by atoms with E-state index in [1.165, 1.54) is 16.1 Å². The van der Waals surface area contributed by atoms with Crippen molar-refractivity contribution in [1.82, 2.24) is 4.90 Å². The Morgan fingerprint density at radius 1 is 0.867 bits per heavy atom. The lowest BCUT2D eigenvalue weighted by molar-refractivity contribution is 0.701. The van der Waals surface area contributed by atoms with Crippen molar-refractivity contribution in [3.63, 3.8) is 0 Å². The molecule has 2 aliphatic rings. The van der Waals surface area contributed by atoms with Gasteiger partial charge in [0.1, 0.15) is 0 Å². The molecule has 0 amide bonds. The summed E-state index contributed by atoms with van der Waals surface area (Å²) in [5.74, 6) is 0. The van der Waals surface area contributed by atoms with E-state index in [0.29, 0.717) is 0 Å². The molecule has 1 aromatic carbocycles. The van der Waals surface area contributed by atoms with Gasteiger partial charge < -0.3 is 4.90 Å². The lowest BCUT2D eigenvalue weighted by Crippen LogP contribution is -2.25. The molecule has 72 valence electrons. The highest BCUT2D eigenvalue weighted by Gasteiger charge is 2.04. The van der Waals surface area contributed by atoms with Gasteiger partial charge in [-0.1, -0.05) is 36.4 Å². The molecule has 0 aromatic heterocycles. The molecular formula is C14H11N. The molecule has 2 aliphatic heterocycles. The van der Waals surface area contributed by atoms with Gasteiger partial charge in [0.25, 0.3) is 0 Å². The number of allylic oxidation sites excluding steroid dienone is 4. The maximum atomic E-state index is 2.16. The monoisotopic (exact) mass is 193 g/mol. The average molecular weight is 193 g/mol. The van der Waals surface area contributed by atoms with Crippen LogP contribution in [0.2, 0.25) is 0 Å². The molecule has 15 heavy (non-hydrogen) atoms. The predicted octanol–water partition coefficient (Wildman–Crippen LogP) is 1.49. The van der Waals surface area contributed by atoms with E-state index in [0.717, 1.165) is 0 Å². The Kier molecular flexibility index (Phi) is 1.82. The van der Waals surface area contributed by atoms with Crippen LogP contribution in [0.3, 0.4) is 0 Å². The van der Waals surface area contributed by atoms with Crippen LogP contribution in [0.4, 0.5) is 0 Å². The first kappa shape index (κ1) is 8.30. The third-order valence-electron chi connectivity index (χ3n) is 2.63. The van der Waals surface area contributed by atoms with E-state index in [-0.39, 0.29) is 0 Å². The number of nitrogens with zero attached hydrogens (tertiary/aromatic N) is 1. The fourth-order valence-electron chi connectivity index (χ4n) is 1.83. The van der Waals surface area contributed by atoms with Gasteiger partial charge in [-0.2, -0.15) is 0 Å². The van der Waals surface area contributed by atoms with Crippen LogP contribution in [0, 0.1) is 0 Å². The number of hydrogen-bond donors (Lipinski definition) is 0. The van der Waals surface area contributed by atoms with Crippen molar-refractivity contribution in [3.8, 4) is 0 Å². The molecular weight excluding hydrogens is 182 g/mol. The van der Waals surface area contributed by atoms with Gasteiger partial charge in [-0.15, -0.1) is 0 Å². The zero-order valence-corrected chi connectivity index (χ0v) is 8.30. The molecule has 0 atom stereocenters. The van der Waals surface area contributed by atoms with Crippen LogP contribution in [0.5, 0.6) is 0 Å². The Morgan fingerprint density at radius 3 is 2.67 bits per heavy atom. The van der Waals surface area contributed by atoms with E-state index < -0.39 is 0 Å². The fraction of sp³-hybridized carbons (Fsp3) is 0. The second-order valence-corrected chi connectivity index (χ2v) is 3.62. The van der Waals surface area contributed by atoms with Gasteiger partial charge in [0.05, 0.1) is 0 Å². The van der Waals surface area contributed by atoms with E-state index >= 15 is 0 Å². The highest BCUT2D eigenvalue weighted by Crippen LogP contribution is 2.13. The normalized spacial score (nSPS) is 16.8. The SMILES string of the molecule is C1=CC2=CC=c3ccccc3=CN2C=C1. The van der Waals surface area contributed by atoms with Gasteiger partial charge in [-0.3, -0.25) is 0 Å². The van der Waals surface area contributed by atoms with E-state index in [9.17, 15) is 0 Å². The molecule has 0 saturated heterocycles. The molecule has 0 fully saturated rings. The summed E-state index contributed by atoms with van der Waals surface area (Å²) >= 11 is 0. The molecule has 1 heteroatoms. The first-order valence-electron chi connectivity index (χ1n) is 5.06. The number of fused-ring (bicyclic) bond motifs is 2. The highest BCUT2D eigenvalue weighted by molar-refractivity contribution is 5.51. The van der Waals surface area contributed by atoms with Crippen molar-refractivity contribution in [2.45, 2.75) is 0 Å². The summed E-state index contributed by atoms with van der Waals surface area (Å²) in [6, 6.07) is 8.40. The largest absolute Gasteiger partial charge is 0.323 e. The minimum absolute atomic E-state index is 1.20. The molecule has 1 aromatic rings. The molecule has 0 aliphatic carbocycles. The molecule has 0 saturated carbocycles. The van der Waals surface area contributed by atoms with Crippen molar-refractivity contribution in [3.05, 3.63) is 70.9 Å². The van der Waals surface area contributed by atoms with Crippen molar-refractivity contribution in [2.75, 3.05) is 0 Å². The van der Waals surface area contributed by atoms with Gasteiger partial charge in [0.15, 0.2) is 0 Å². The summed E-state index contributed by atoms with van der Waals surface area (Å²) in [5.41, 5.74) is 1.20. The van der Waals surface area contributed by atoms with E-state index in [1.54, 1.807) is 0 Å². The first-order chi connectivity index (χ1) is 7.43. The van der Waals surface area contributed by atoms with Crippen LogP contribution in [-0.4, -0.2) is 4.90 Å². The third kappa shape index (κ3) is 1.42. The Hall–Kier alpha value is -2.02. The lowest BCUT2D eigenvalue weighted by Gasteiger charge is -2.17. The van der Waals surface area contributed by atoms with Crippen LogP contribution in [0.1, 0.15) is 0 Å². The second-order valence-electron chi connectivity index (χ2n) is 3.62. The van der Waals surface area contributed by atoms with E-state index in [1.807, 2.05) is 6.08 Å². The quantitative estimate of drug-likeness (QED) is 0.603. The minimum Gasteiger partial charge on any atom is -0.323 e. The number of rotatable bonds is 0. The van der Waals surface area contributed by atoms with E-state index in [4.69, 9.17) is 0 Å². The summed E-state index contributed by atoms with van der Waals surface area (Å²) in [4.78, 5) is 2.14. The van der Waals surface area contributed by atoms with Crippen molar-refractivity contribution in [2.24, 2.45) is 0 Å². The van der Waals surface area contributed by atoms with Gasteiger partial charge in [0, 0.05) is 18.1 Å². The number of hydrogen-bond acceptors (Lipinski definition) is 1. The standard InChI is InChI=1S/C14H11N/c1-2-6-13-11-15-10-4-3-7-14(15)9-8-12(13)5-1/h1-11H. The molecule has 0 N–H and O–H groups in total. The Morgan fingerprint density at radius 2 is 1.73 bits per heavy atom. The minimum atomic E-state index is 1.20. The maximum Gasteiger partial charge on any atom is 0.0449 e. The molecule has 1 nitrogen and oxygen atoms in total. The molecule has 3 rings (SSSR count). The Balaban J connectivity index is 2.28. The summed E-state index contributed by atoms with van der Waals surface area (Å²) in [6.45, 7) is 0. The average Bonchev–Trinajstić information content (AvgIpc) is 2.48. The Bertz CT molecular complexity index is 588. The van der Waals surface area contributed by atoms with Crippen LogP contribution in [0.25, 0.3) is 12.3 Å². The summed E-state index contributed by atoms with van der Waals surface area (Å²) in [7, 11) is 0. The zero-order valence-electron chi connectivity index (χ0n) is 8.30. The van der Waals surface area contributed by atoms with Crippen LogP contribution in [-0.2, 0) is 0 Å². The molecule has 0 unspecified atom stereocenters. The fourth-order valence-corrected chi connectivity index (χ4v) is 1.83. The molecule has 2 heterocycles. The predicted molar refractivity (Wildman–Crippen MR) is 62.8 cm³/mol. The first-order valence-corrected chi connectivity index (χ1v) is 5.06. The van der Waals surface area contributed by atoms with Crippen LogP contribution < -0.4 is 10.4 Å². The summed E-state index contributed by atoms with van der Waals surface area (Å²) < 4.78 is 0. The summed E-state index contributed by atoms with van der Waals surface area (Å²) in [6.07, 6.45) is 14.7. The van der Waals surface area contributed by atoms with Crippen molar-refractivity contribution in [1.29, 1.82) is 0 Å². The van der Waals surface area contributed by atoms with Gasteiger partial charge in [-0.05, 0) is 28.7 Å². The van der Waals surface area contributed by atoms with E-state index in [2.05, 4.69) is 65.9 Å². The molecule has 0 radical (unpaired) electrons. The lowest BCUT2D eigenvalue weighted by atomic mass is 10.2. The zero-order chi connectivity index (χ0) is 10.1. The second kappa shape index (κ2) is 3.28. The smallest absolute Gasteiger partial charge is 0.0449 e.